The average molecular weight is 809 g/mol. The summed E-state index contributed by atoms with van der Waals surface area (Å²) in [7, 11) is 4.00. The first kappa shape index (κ1) is 40.7. The van der Waals surface area contributed by atoms with Crippen LogP contribution >= 0.6 is 0 Å². The fraction of sp³-hybridized carbons (Fsp3) is 0.500. The molecule has 6 atom stereocenters. The van der Waals surface area contributed by atoms with Crippen LogP contribution in [0.25, 0.3) is 12.2 Å². The number of carbonyl (C=O) groups is 2. The maximum Gasteiger partial charge on any atom is 0.246 e. The maximum absolute atomic E-state index is 13.2. The summed E-state index contributed by atoms with van der Waals surface area (Å²) in [4.78, 5) is 35.9. The van der Waals surface area contributed by atoms with E-state index in [-0.39, 0.29) is 34.7 Å². The standard InChI is InChI=1S/2C26H32N2O2/c2*1-18-4-8-21-15-23-25(27(3)24(29)9-7-20-10-13-30-17-20)26(2,22(21)14-18)11-12-28(23)16-19-5-6-19/h2*4,7-10,13-14,17,19,23,25H,5-6,11-12,15-16H2,1-3H3/b9-7+;9-7-/t2*23?,25-,26-/m11/s1. The molecule has 2 unspecified atom stereocenters. The number of furan rings is 2. The molecule has 4 aromatic rings. The molecule has 2 aromatic carbocycles. The lowest BCUT2D eigenvalue weighted by molar-refractivity contribution is -0.133. The van der Waals surface area contributed by atoms with E-state index in [1.165, 1.54) is 72.2 Å². The fourth-order valence-electron chi connectivity index (χ4n) is 11.6. The van der Waals surface area contributed by atoms with Crippen LogP contribution in [-0.4, -0.2) is 95.9 Å². The third-order valence-electron chi connectivity index (χ3n) is 15.3. The molecule has 2 saturated heterocycles. The average Bonchev–Trinajstić information content (AvgIpc) is 4.12. The SMILES string of the molecule is Cc1ccc2c(c1)[C@@]1(C)CCN(CC3CC3)C(C2)[C@H]1N(C)C(=O)/C=C/c1ccoc1.Cc1ccc2c(c1)[C@@]1(C)CCN(CC3CC3)C(C2)[C@H]1N(C)C(=O)/C=C\c1ccoc1. The number of fused-ring (bicyclic) bond motifs is 8. The van der Waals surface area contributed by atoms with Gasteiger partial charge in [0.1, 0.15) is 0 Å². The molecule has 6 aliphatic rings. The highest BCUT2D eigenvalue weighted by atomic mass is 16.3. The van der Waals surface area contributed by atoms with E-state index < -0.39 is 0 Å². The van der Waals surface area contributed by atoms with Crippen molar-refractivity contribution in [3.05, 3.63) is 130 Å². The second kappa shape index (κ2) is 16.3. The third-order valence-corrected chi connectivity index (χ3v) is 15.3. The molecule has 4 bridgehead atoms. The number of piperidine rings is 2. The number of benzene rings is 2. The number of amides is 2. The van der Waals surface area contributed by atoms with Gasteiger partial charge >= 0.3 is 0 Å². The van der Waals surface area contributed by atoms with Crippen LogP contribution in [0.3, 0.4) is 0 Å². The molecule has 2 aliphatic heterocycles. The molecular weight excluding hydrogens is 745 g/mol. The predicted octanol–water partition coefficient (Wildman–Crippen LogP) is 8.85. The smallest absolute Gasteiger partial charge is 0.246 e. The first-order valence-electron chi connectivity index (χ1n) is 22.5. The van der Waals surface area contributed by atoms with E-state index in [4.69, 9.17) is 8.83 Å². The monoisotopic (exact) mass is 808 g/mol. The minimum Gasteiger partial charge on any atom is -0.472 e. The molecular formula is C52H64N4O4. The fourth-order valence-corrected chi connectivity index (χ4v) is 11.6. The molecule has 8 heteroatoms. The first-order chi connectivity index (χ1) is 28.9. The van der Waals surface area contributed by atoms with Crippen molar-refractivity contribution >= 4 is 24.0 Å². The van der Waals surface area contributed by atoms with Gasteiger partial charge in [-0.1, -0.05) is 61.4 Å². The van der Waals surface area contributed by atoms with Crippen molar-refractivity contribution < 1.29 is 18.4 Å². The normalized spacial score (nSPS) is 28.5. The minimum absolute atomic E-state index is 0.0157. The number of hydrogen-bond acceptors (Lipinski definition) is 6. The second-order valence-electron chi connectivity index (χ2n) is 19.6. The van der Waals surface area contributed by atoms with Crippen molar-refractivity contribution in [3.63, 3.8) is 0 Å². The number of rotatable bonds is 10. The molecule has 0 spiro atoms. The summed E-state index contributed by atoms with van der Waals surface area (Å²) in [6.07, 6.45) is 23.4. The molecule has 4 heterocycles. The summed E-state index contributed by atoms with van der Waals surface area (Å²) in [5, 5.41) is 0. The Morgan fingerprint density at radius 1 is 0.667 bits per heavy atom. The highest BCUT2D eigenvalue weighted by molar-refractivity contribution is 5.92. The van der Waals surface area contributed by atoms with Crippen molar-refractivity contribution in [1.29, 1.82) is 0 Å². The molecule has 10 rings (SSSR count). The van der Waals surface area contributed by atoms with Crippen LogP contribution in [0.15, 0.2) is 94.6 Å². The van der Waals surface area contributed by atoms with Crippen molar-refractivity contribution in [2.24, 2.45) is 11.8 Å². The van der Waals surface area contributed by atoms with E-state index in [2.05, 4.69) is 73.9 Å². The Hall–Kier alpha value is -4.66. The molecule has 0 N–H and O–H groups in total. The molecule has 8 nitrogen and oxygen atoms in total. The Balaban J connectivity index is 0.000000154. The largest absolute Gasteiger partial charge is 0.472 e. The lowest BCUT2D eigenvalue weighted by Gasteiger charge is -2.58. The van der Waals surface area contributed by atoms with Crippen LogP contribution in [0.2, 0.25) is 0 Å². The summed E-state index contributed by atoms with van der Waals surface area (Å²) in [5.74, 6) is 1.86. The van der Waals surface area contributed by atoms with Gasteiger partial charge in [-0.05, 0) is 137 Å². The van der Waals surface area contributed by atoms with E-state index in [1.807, 2.05) is 48.2 Å². The molecule has 0 radical (unpaired) electrons. The Morgan fingerprint density at radius 2 is 1.08 bits per heavy atom. The third kappa shape index (κ3) is 7.98. The molecule has 4 fully saturated rings. The number of aryl methyl sites for hydroxylation is 2. The van der Waals surface area contributed by atoms with Gasteiger partial charge in [-0.15, -0.1) is 0 Å². The van der Waals surface area contributed by atoms with Crippen LogP contribution in [0.1, 0.15) is 96.9 Å². The minimum atomic E-state index is -0.0157. The van der Waals surface area contributed by atoms with Crippen molar-refractivity contribution in [2.45, 2.75) is 114 Å². The molecule has 2 amide bonds. The topological polar surface area (TPSA) is 73.4 Å². The zero-order valence-corrected chi connectivity index (χ0v) is 36.6. The van der Waals surface area contributed by atoms with E-state index in [0.717, 1.165) is 61.7 Å². The molecule has 60 heavy (non-hydrogen) atoms. The number of nitrogens with zero attached hydrogens (tertiary/aromatic N) is 4. The Bertz CT molecular complexity index is 2080. The zero-order valence-electron chi connectivity index (χ0n) is 36.6. The van der Waals surface area contributed by atoms with Gasteiger partial charge in [-0.2, -0.15) is 0 Å². The van der Waals surface area contributed by atoms with Crippen LogP contribution in [0.5, 0.6) is 0 Å². The summed E-state index contributed by atoms with van der Waals surface area (Å²) < 4.78 is 10.2. The van der Waals surface area contributed by atoms with Crippen LogP contribution < -0.4 is 0 Å². The summed E-state index contributed by atoms with van der Waals surface area (Å²) >= 11 is 0. The van der Waals surface area contributed by atoms with E-state index in [0.29, 0.717) is 12.1 Å². The van der Waals surface area contributed by atoms with Gasteiger partial charge in [0.2, 0.25) is 11.8 Å². The quantitative estimate of drug-likeness (QED) is 0.149. The Kier molecular flexibility index (Phi) is 11.1. The Morgan fingerprint density at radius 3 is 1.45 bits per heavy atom. The van der Waals surface area contributed by atoms with Crippen molar-refractivity contribution in [3.8, 4) is 0 Å². The second-order valence-corrected chi connectivity index (χ2v) is 19.6. The van der Waals surface area contributed by atoms with E-state index in [9.17, 15) is 9.59 Å². The lowest BCUT2D eigenvalue weighted by atomic mass is 9.61. The van der Waals surface area contributed by atoms with Gasteiger partial charge in [0.15, 0.2) is 0 Å². The van der Waals surface area contributed by atoms with Gasteiger partial charge in [-0.3, -0.25) is 19.4 Å². The predicted molar refractivity (Wildman–Crippen MR) is 238 cm³/mol. The van der Waals surface area contributed by atoms with Gasteiger partial charge in [0.05, 0.1) is 37.1 Å². The number of carbonyl (C=O) groups excluding carboxylic acids is 2. The molecule has 2 aromatic heterocycles. The number of likely N-dealkylation sites (N-methyl/N-ethyl adjacent to an activating group) is 2. The van der Waals surface area contributed by atoms with Gasteiger partial charge in [0.25, 0.3) is 0 Å². The van der Waals surface area contributed by atoms with Crippen LogP contribution in [0.4, 0.5) is 0 Å². The van der Waals surface area contributed by atoms with E-state index in [1.54, 1.807) is 37.2 Å². The first-order valence-corrected chi connectivity index (χ1v) is 22.5. The summed E-state index contributed by atoms with van der Waals surface area (Å²) in [6, 6.07) is 18.8. The van der Waals surface area contributed by atoms with Crippen LogP contribution in [-0.2, 0) is 33.3 Å². The number of likely N-dealkylation sites (tertiary alicyclic amines) is 2. The number of hydrogen-bond donors (Lipinski definition) is 0. The van der Waals surface area contributed by atoms with Gasteiger partial charge in [0, 0.05) is 73.4 Å². The lowest BCUT2D eigenvalue weighted by Crippen LogP contribution is -2.68. The zero-order chi connectivity index (χ0) is 41.8. The highest BCUT2D eigenvalue weighted by Crippen LogP contribution is 2.50. The maximum atomic E-state index is 13.2. The highest BCUT2D eigenvalue weighted by Gasteiger charge is 2.55. The molecule has 2 saturated carbocycles. The van der Waals surface area contributed by atoms with Gasteiger partial charge < -0.3 is 18.6 Å². The van der Waals surface area contributed by atoms with Crippen molar-refractivity contribution in [1.82, 2.24) is 19.6 Å². The van der Waals surface area contributed by atoms with E-state index >= 15 is 0 Å². The van der Waals surface area contributed by atoms with Crippen molar-refractivity contribution in [2.75, 3.05) is 40.3 Å². The summed E-state index contributed by atoms with van der Waals surface area (Å²) in [6.45, 7) is 13.8. The molecule has 316 valence electrons. The molecule has 4 aliphatic carbocycles. The van der Waals surface area contributed by atoms with Gasteiger partial charge in [-0.25, -0.2) is 0 Å². The Labute approximate surface area is 357 Å². The summed E-state index contributed by atoms with van der Waals surface area (Å²) in [5.41, 5.74) is 10.3. The van der Waals surface area contributed by atoms with Crippen LogP contribution in [0, 0.1) is 25.7 Å².